The van der Waals surface area contributed by atoms with Crippen molar-refractivity contribution in [3.63, 3.8) is 0 Å². The zero-order valence-electron chi connectivity index (χ0n) is 9.23. The lowest BCUT2D eigenvalue weighted by Gasteiger charge is -2.00. The number of nitrogens with two attached hydrogens (primary N) is 1. The molecule has 2 aromatic rings. The highest BCUT2D eigenvalue weighted by Gasteiger charge is 2.10. The van der Waals surface area contributed by atoms with Crippen LogP contribution in [0.15, 0.2) is 24.3 Å². The molecule has 0 atom stereocenters. The first-order valence-electron chi connectivity index (χ1n) is 4.93. The second-order valence-corrected chi connectivity index (χ2v) is 3.64. The van der Waals surface area contributed by atoms with Crippen molar-refractivity contribution in [2.24, 2.45) is 7.05 Å². The maximum atomic E-state index is 8.71. The predicted molar refractivity (Wildman–Crippen MR) is 62.5 cm³/mol. The van der Waals surface area contributed by atoms with Crippen LogP contribution in [0, 0.1) is 18.3 Å². The first-order chi connectivity index (χ1) is 7.63. The van der Waals surface area contributed by atoms with Crippen LogP contribution in [-0.2, 0) is 7.05 Å². The summed E-state index contributed by atoms with van der Waals surface area (Å²) in [6.07, 6.45) is 0. The van der Waals surface area contributed by atoms with Gasteiger partial charge in [0.2, 0.25) is 0 Å². The molecule has 0 aliphatic rings. The van der Waals surface area contributed by atoms with Gasteiger partial charge in [-0.2, -0.15) is 5.26 Å². The molecule has 0 saturated heterocycles. The molecule has 1 heterocycles. The molecular formula is C12H12N4. The van der Waals surface area contributed by atoms with Crippen molar-refractivity contribution in [3.8, 4) is 17.3 Å². The molecule has 1 aromatic carbocycles. The molecule has 0 radical (unpaired) electrons. The van der Waals surface area contributed by atoms with E-state index in [-0.39, 0.29) is 0 Å². The highest BCUT2D eigenvalue weighted by atomic mass is 15.1. The summed E-state index contributed by atoms with van der Waals surface area (Å²) < 4.78 is 1.84. The zero-order valence-corrected chi connectivity index (χ0v) is 9.23. The largest absolute Gasteiger partial charge is 0.383 e. The molecular weight excluding hydrogens is 200 g/mol. The number of nitrogens with zero attached hydrogens (tertiary/aromatic N) is 3. The second-order valence-electron chi connectivity index (χ2n) is 3.64. The van der Waals surface area contributed by atoms with Gasteiger partial charge in [-0.1, -0.05) is 12.1 Å². The van der Waals surface area contributed by atoms with Gasteiger partial charge >= 0.3 is 0 Å². The second kappa shape index (κ2) is 3.70. The Bertz CT molecular complexity index is 558. The first kappa shape index (κ1) is 10.2. The van der Waals surface area contributed by atoms with Gasteiger partial charge in [0.25, 0.3) is 0 Å². The lowest BCUT2D eigenvalue weighted by molar-refractivity contribution is 0.868. The van der Waals surface area contributed by atoms with Gasteiger partial charge in [-0.25, -0.2) is 4.98 Å². The van der Waals surface area contributed by atoms with Gasteiger partial charge < -0.3 is 10.3 Å². The van der Waals surface area contributed by atoms with Gasteiger partial charge in [-0.15, -0.1) is 0 Å². The molecule has 0 fully saturated rings. The van der Waals surface area contributed by atoms with Crippen LogP contribution in [-0.4, -0.2) is 9.55 Å². The third-order valence-corrected chi connectivity index (χ3v) is 2.65. The molecule has 0 aliphatic heterocycles. The molecule has 0 unspecified atom stereocenters. The Kier molecular flexibility index (Phi) is 2.37. The summed E-state index contributed by atoms with van der Waals surface area (Å²) in [6, 6.07) is 9.32. The first-order valence-corrected chi connectivity index (χ1v) is 4.93. The maximum absolute atomic E-state index is 8.71. The Morgan fingerprint density at radius 1 is 1.31 bits per heavy atom. The monoisotopic (exact) mass is 212 g/mol. The number of rotatable bonds is 1. The Morgan fingerprint density at radius 2 is 1.94 bits per heavy atom. The highest BCUT2D eigenvalue weighted by Crippen LogP contribution is 2.25. The van der Waals surface area contributed by atoms with Gasteiger partial charge in [-0.3, -0.25) is 0 Å². The molecule has 80 valence electrons. The number of nitriles is 1. The molecule has 16 heavy (non-hydrogen) atoms. The third-order valence-electron chi connectivity index (χ3n) is 2.65. The van der Waals surface area contributed by atoms with E-state index in [0.29, 0.717) is 11.4 Å². The molecule has 0 aliphatic carbocycles. The number of aromatic nitrogens is 2. The van der Waals surface area contributed by atoms with Gasteiger partial charge in [-0.05, 0) is 19.1 Å². The number of aryl methyl sites for hydroxylation is 1. The van der Waals surface area contributed by atoms with Crippen LogP contribution >= 0.6 is 0 Å². The Balaban J connectivity index is 2.51. The van der Waals surface area contributed by atoms with Gasteiger partial charge in [0.05, 0.1) is 11.6 Å². The third kappa shape index (κ3) is 1.52. The number of imidazole rings is 1. The van der Waals surface area contributed by atoms with E-state index < -0.39 is 0 Å². The fourth-order valence-corrected chi connectivity index (χ4v) is 1.54. The Labute approximate surface area is 94.0 Å². The molecule has 0 amide bonds. The lowest BCUT2D eigenvalue weighted by Crippen LogP contribution is -1.98. The summed E-state index contributed by atoms with van der Waals surface area (Å²) in [6.45, 7) is 1.91. The van der Waals surface area contributed by atoms with Crippen molar-refractivity contribution >= 4 is 5.82 Å². The van der Waals surface area contributed by atoms with E-state index >= 15 is 0 Å². The van der Waals surface area contributed by atoms with Crippen LogP contribution < -0.4 is 5.73 Å². The SMILES string of the molecule is Cc1nc(-c2ccc(C#N)cc2)c(N)n1C. The summed E-state index contributed by atoms with van der Waals surface area (Å²) in [7, 11) is 1.88. The van der Waals surface area contributed by atoms with Crippen LogP contribution in [0.2, 0.25) is 0 Å². The molecule has 0 spiro atoms. The van der Waals surface area contributed by atoms with Crippen molar-refractivity contribution in [2.45, 2.75) is 6.92 Å². The quantitative estimate of drug-likeness (QED) is 0.784. The van der Waals surface area contributed by atoms with Gasteiger partial charge in [0, 0.05) is 12.6 Å². The topological polar surface area (TPSA) is 67.6 Å². The molecule has 4 nitrogen and oxygen atoms in total. The van der Waals surface area contributed by atoms with E-state index in [2.05, 4.69) is 11.1 Å². The van der Waals surface area contributed by atoms with E-state index in [1.165, 1.54) is 0 Å². The van der Waals surface area contributed by atoms with Gasteiger partial charge in [0.1, 0.15) is 17.3 Å². The molecule has 4 heteroatoms. The molecule has 0 bridgehead atoms. The summed E-state index contributed by atoms with van der Waals surface area (Å²) in [5, 5.41) is 8.71. The fraction of sp³-hybridized carbons (Fsp3) is 0.167. The number of nitrogen functional groups attached to an aromatic ring is 1. The van der Waals surface area contributed by atoms with E-state index in [9.17, 15) is 0 Å². The highest BCUT2D eigenvalue weighted by molar-refractivity contribution is 5.71. The molecule has 2 rings (SSSR count). The number of hydrogen-bond acceptors (Lipinski definition) is 3. The predicted octanol–water partition coefficient (Wildman–Crippen LogP) is 1.85. The van der Waals surface area contributed by atoms with E-state index in [1.807, 2.05) is 30.7 Å². The van der Waals surface area contributed by atoms with Crippen LogP contribution in [0.25, 0.3) is 11.3 Å². The number of hydrogen-bond donors (Lipinski definition) is 1. The number of benzene rings is 1. The minimum absolute atomic E-state index is 0.634. The number of anilines is 1. The molecule has 1 aromatic heterocycles. The summed E-state index contributed by atoms with van der Waals surface area (Å²) >= 11 is 0. The smallest absolute Gasteiger partial charge is 0.131 e. The average Bonchev–Trinajstić information content (AvgIpc) is 2.57. The van der Waals surface area contributed by atoms with Gasteiger partial charge in [0.15, 0.2) is 0 Å². The van der Waals surface area contributed by atoms with Crippen LogP contribution in [0.5, 0.6) is 0 Å². The average molecular weight is 212 g/mol. The molecule has 0 saturated carbocycles. The van der Waals surface area contributed by atoms with Crippen molar-refractivity contribution in [2.75, 3.05) is 5.73 Å². The van der Waals surface area contributed by atoms with Crippen molar-refractivity contribution in [3.05, 3.63) is 35.7 Å². The Hall–Kier alpha value is -2.28. The fourth-order valence-electron chi connectivity index (χ4n) is 1.54. The van der Waals surface area contributed by atoms with E-state index in [0.717, 1.165) is 17.1 Å². The Morgan fingerprint density at radius 3 is 2.38 bits per heavy atom. The molecule has 2 N–H and O–H groups in total. The minimum Gasteiger partial charge on any atom is -0.383 e. The van der Waals surface area contributed by atoms with Crippen molar-refractivity contribution < 1.29 is 0 Å². The minimum atomic E-state index is 0.634. The van der Waals surface area contributed by atoms with Crippen LogP contribution in [0.1, 0.15) is 11.4 Å². The summed E-state index contributed by atoms with van der Waals surface area (Å²) in [5.74, 6) is 1.51. The van der Waals surface area contributed by atoms with Crippen LogP contribution in [0.4, 0.5) is 5.82 Å². The van der Waals surface area contributed by atoms with E-state index in [1.54, 1.807) is 12.1 Å². The standard InChI is InChI=1S/C12H12N4/c1-8-15-11(12(14)16(8)2)10-5-3-9(7-13)4-6-10/h3-6H,14H2,1-2H3. The van der Waals surface area contributed by atoms with E-state index in [4.69, 9.17) is 11.0 Å². The van der Waals surface area contributed by atoms with Crippen molar-refractivity contribution in [1.82, 2.24) is 9.55 Å². The van der Waals surface area contributed by atoms with Crippen LogP contribution in [0.3, 0.4) is 0 Å². The maximum Gasteiger partial charge on any atom is 0.131 e. The zero-order chi connectivity index (χ0) is 11.7. The summed E-state index contributed by atoms with van der Waals surface area (Å²) in [4.78, 5) is 4.39. The normalized spacial score (nSPS) is 10.1. The van der Waals surface area contributed by atoms with Crippen molar-refractivity contribution in [1.29, 1.82) is 5.26 Å². The summed E-state index contributed by atoms with van der Waals surface area (Å²) in [5.41, 5.74) is 8.27. The lowest BCUT2D eigenvalue weighted by atomic mass is 10.1.